The Morgan fingerprint density at radius 3 is 1.40 bits per heavy atom. The van der Waals surface area contributed by atoms with Crippen LogP contribution in [0.15, 0.2) is 0 Å². The normalized spacial score (nSPS) is 12.0. The van der Waals surface area contributed by atoms with Crippen LogP contribution in [0.5, 0.6) is 0 Å². The van der Waals surface area contributed by atoms with Gasteiger partial charge in [0.15, 0.2) is 0 Å². The van der Waals surface area contributed by atoms with Crippen LogP contribution in [0.3, 0.4) is 0 Å². The highest BCUT2D eigenvalue weighted by molar-refractivity contribution is 4.42. The first-order valence-electron chi connectivity index (χ1n) is 6.56. The molecule has 0 aromatic heterocycles. The van der Waals surface area contributed by atoms with Gasteiger partial charge >= 0.3 is 0 Å². The fourth-order valence-electron chi connectivity index (χ4n) is 1.78. The van der Waals surface area contributed by atoms with Gasteiger partial charge in [0.25, 0.3) is 0 Å². The van der Waals surface area contributed by atoms with Gasteiger partial charge in [-0.25, -0.2) is 0 Å². The van der Waals surface area contributed by atoms with E-state index in [0.717, 1.165) is 25.9 Å². The van der Waals surface area contributed by atoms with Gasteiger partial charge in [-0.15, -0.1) is 0 Å². The third-order valence-corrected chi connectivity index (χ3v) is 2.86. The van der Waals surface area contributed by atoms with Crippen LogP contribution in [0.4, 0.5) is 0 Å². The van der Waals surface area contributed by atoms with Crippen molar-refractivity contribution in [2.75, 3.05) is 13.1 Å². The largest absolute Gasteiger partial charge is 0.176 e. The Hall–Kier alpha value is -0.120. The van der Waals surface area contributed by atoms with Crippen LogP contribution in [-0.4, -0.2) is 17.8 Å². The summed E-state index contributed by atoms with van der Waals surface area (Å²) in [6, 6.07) is 0. The van der Waals surface area contributed by atoms with Crippen molar-refractivity contribution in [3.63, 3.8) is 0 Å². The minimum absolute atomic E-state index is 0.230. The highest BCUT2D eigenvalue weighted by atomic mass is 15.7. The molecule has 0 radical (unpaired) electrons. The van der Waals surface area contributed by atoms with Crippen molar-refractivity contribution in [3.05, 3.63) is 0 Å². The van der Waals surface area contributed by atoms with Gasteiger partial charge in [-0.2, -0.15) is 16.4 Å². The van der Waals surface area contributed by atoms with E-state index in [-0.39, 0.29) is 4.70 Å². The van der Waals surface area contributed by atoms with Crippen molar-refractivity contribution in [1.29, 1.82) is 0 Å². The predicted molar refractivity (Wildman–Crippen MR) is 66.7 cm³/mol. The summed E-state index contributed by atoms with van der Waals surface area (Å²) in [6.45, 7) is 6.29. The van der Waals surface area contributed by atoms with Crippen LogP contribution in [0.2, 0.25) is 0 Å². The molecular formula is C12H30N3+. The van der Waals surface area contributed by atoms with Crippen molar-refractivity contribution in [2.24, 2.45) is 11.7 Å². The number of hydrogen-bond acceptors (Lipinski definition) is 2. The van der Waals surface area contributed by atoms with E-state index < -0.39 is 0 Å². The monoisotopic (exact) mass is 216 g/mol. The Morgan fingerprint density at radius 1 is 0.667 bits per heavy atom. The van der Waals surface area contributed by atoms with Crippen LogP contribution in [0.25, 0.3) is 0 Å². The summed E-state index contributed by atoms with van der Waals surface area (Å²) in [4.78, 5) is 0. The Labute approximate surface area is 95.3 Å². The van der Waals surface area contributed by atoms with Gasteiger partial charge < -0.3 is 0 Å². The molecule has 92 valence electrons. The summed E-state index contributed by atoms with van der Waals surface area (Å²) >= 11 is 0. The van der Waals surface area contributed by atoms with Crippen LogP contribution in [-0.2, 0) is 0 Å². The second-order valence-electron chi connectivity index (χ2n) is 4.67. The lowest BCUT2D eigenvalue weighted by atomic mass is 10.2. The van der Waals surface area contributed by atoms with Gasteiger partial charge in [0, 0.05) is 12.8 Å². The molecule has 0 bridgehead atoms. The lowest BCUT2D eigenvalue weighted by molar-refractivity contribution is -0.952. The standard InChI is InChI=1S/C12H30N3/c1-3-5-7-9-11-15(13,14)12-10-8-6-4-2/h3-14H2,1-2H3/q+1. The second kappa shape index (κ2) is 9.13. The van der Waals surface area contributed by atoms with Crippen LogP contribution >= 0.6 is 0 Å². The van der Waals surface area contributed by atoms with E-state index in [1.807, 2.05) is 0 Å². The molecule has 15 heavy (non-hydrogen) atoms. The minimum atomic E-state index is 0.230. The fourth-order valence-corrected chi connectivity index (χ4v) is 1.78. The molecule has 0 aliphatic carbocycles. The summed E-state index contributed by atoms with van der Waals surface area (Å²) in [7, 11) is 0. The van der Waals surface area contributed by atoms with Gasteiger partial charge in [-0.1, -0.05) is 39.5 Å². The van der Waals surface area contributed by atoms with Gasteiger partial charge in [0.05, 0.1) is 0 Å². The summed E-state index contributed by atoms with van der Waals surface area (Å²) in [5.74, 6) is 12.0. The molecule has 0 saturated heterocycles. The van der Waals surface area contributed by atoms with E-state index in [9.17, 15) is 0 Å². The molecule has 0 aliphatic heterocycles. The molecule has 0 aliphatic rings. The molecule has 0 fully saturated rings. The van der Waals surface area contributed by atoms with E-state index in [2.05, 4.69) is 13.8 Å². The molecule has 0 saturated carbocycles. The van der Waals surface area contributed by atoms with E-state index in [1.54, 1.807) is 0 Å². The number of nitrogens with zero attached hydrogens (tertiary/aromatic N) is 1. The Balaban J connectivity index is 3.40. The Kier molecular flexibility index (Phi) is 9.06. The molecule has 0 aromatic carbocycles. The third kappa shape index (κ3) is 10.2. The Morgan fingerprint density at radius 2 is 1.07 bits per heavy atom. The molecule has 0 amide bonds. The van der Waals surface area contributed by atoms with E-state index in [1.165, 1.54) is 38.5 Å². The molecule has 0 atom stereocenters. The maximum Gasteiger partial charge on any atom is 0.114 e. The van der Waals surface area contributed by atoms with Crippen molar-refractivity contribution in [2.45, 2.75) is 65.2 Å². The zero-order valence-electron chi connectivity index (χ0n) is 10.7. The smallest absolute Gasteiger partial charge is 0.114 e. The van der Waals surface area contributed by atoms with Gasteiger partial charge in [-0.3, -0.25) is 0 Å². The zero-order chi connectivity index (χ0) is 11.6. The van der Waals surface area contributed by atoms with Crippen molar-refractivity contribution in [3.8, 4) is 0 Å². The predicted octanol–water partition coefficient (Wildman–Crippen LogP) is 2.71. The highest BCUT2D eigenvalue weighted by Crippen LogP contribution is 2.05. The molecule has 0 rings (SSSR count). The fraction of sp³-hybridized carbons (Fsp3) is 1.00. The summed E-state index contributed by atoms with van der Waals surface area (Å²) in [5.41, 5.74) is 0. The first kappa shape index (κ1) is 14.9. The average molecular weight is 216 g/mol. The van der Waals surface area contributed by atoms with E-state index in [4.69, 9.17) is 11.7 Å². The minimum Gasteiger partial charge on any atom is -0.176 e. The average Bonchev–Trinajstić information content (AvgIpc) is 2.20. The number of rotatable bonds is 10. The maximum atomic E-state index is 6.00. The molecule has 0 unspecified atom stereocenters. The van der Waals surface area contributed by atoms with Gasteiger partial charge in [0.1, 0.15) is 13.1 Å². The van der Waals surface area contributed by atoms with Crippen molar-refractivity contribution >= 4 is 0 Å². The molecule has 0 heterocycles. The number of quaternary nitrogens is 1. The second-order valence-corrected chi connectivity index (χ2v) is 4.67. The van der Waals surface area contributed by atoms with E-state index >= 15 is 0 Å². The summed E-state index contributed by atoms with van der Waals surface area (Å²) < 4.78 is 0.230. The number of unbranched alkanes of at least 4 members (excludes halogenated alkanes) is 6. The van der Waals surface area contributed by atoms with Crippen LogP contribution in [0, 0.1) is 0 Å². The highest BCUT2D eigenvalue weighted by Gasteiger charge is 2.15. The lowest BCUT2D eigenvalue weighted by Crippen LogP contribution is -2.61. The molecule has 4 N–H and O–H groups in total. The number of nitrogens with two attached hydrogens (primary N) is 2. The van der Waals surface area contributed by atoms with Crippen molar-refractivity contribution < 1.29 is 4.70 Å². The molecule has 3 heteroatoms. The van der Waals surface area contributed by atoms with Gasteiger partial charge in [-0.05, 0) is 12.8 Å². The first-order valence-corrected chi connectivity index (χ1v) is 6.56. The van der Waals surface area contributed by atoms with Crippen LogP contribution < -0.4 is 11.7 Å². The molecule has 3 nitrogen and oxygen atoms in total. The van der Waals surface area contributed by atoms with Crippen molar-refractivity contribution in [1.82, 2.24) is 0 Å². The lowest BCUT2D eigenvalue weighted by Gasteiger charge is -2.26. The SMILES string of the molecule is CCCCCC[N+](N)(N)CCCCCC. The Bertz CT molecular complexity index is 121. The molecule has 0 spiro atoms. The number of hydrogen-bond donors (Lipinski definition) is 2. The molecule has 0 aromatic rings. The quantitative estimate of drug-likeness (QED) is 0.255. The summed E-state index contributed by atoms with van der Waals surface area (Å²) in [6.07, 6.45) is 9.99. The zero-order valence-corrected chi connectivity index (χ0v) is 10.7. The van der Waals surface area contributed by atoms with E-state index in [0.29, 0.717) is 0 Å². The van der Waals surface area contributed by atoms with Gasteiger partial charge in [0.2, 0.25) is 0 Å². The van der Waals surface area contributed by atoms with Crippen LogP contribution in [0.1, 0.15) is 65.2 Å². The first-order chi connectivity index (χ1) is 7.12. The summed E-state index contributed by atoms with van der Waals surface area (Å²) in [5, 5.41) is 0. The topological polar surface area (TPSA) is 52.0 Å². The maximum absolute atomic E-state index is 6.00. The third-order valence-electron chi connectivity index (χ3n) is 2.86. The molecular weight excluding hydrogens is 186 g/mol.